The highest BCUT2D eigenvalue weighted by Crippen LogP contribution is 2.22. The van der Waals surface area contributed by atoms with Crippen molar-refractivity contribution in [2.45, 2.75) is 19.4 Å². The Kier molecular flexibility index (Phi) is 7.84. The molecule has 0 saturated heterocycles. The van der Waals surface area contributed by atoms with Crippen LogP contribution in [0.25, 0.3) is 0 Å². The molecule has 1 atom stereocenters. The highest BCUT2D eigenvalue weighted by molar-refractivity contribution is 7.92. The Balaban J connectivity index is 1.72. The number of hydrogen-bond acceptors (Lipinski definition) is 4. The van der Waals surface area contributed by atoms with Gasteiger partial charge in [0.1, 0.15) is 6.04 Å². The van der Waals surface area contributed by atoms with Crippen LogP contribution in [0.3, 0.4) is 0 Å². The molecule has 0 fully saturated rings. The number of nitrogens with one attached hydrogen (secondary N) is 2. The molecule has 0 saturated carbocycles. The summed E-state index contributed by atoms with van der Waals surface area (Å²) in [6.45, 7) is 1.95. The number of para-hydroxylation sites is 2. The number of nitrogens with zero attached hydrogens (tertiary/aromatic N) is 1. The van der Waals surface area contributed by atoms with Crippen LogP contribution in [0.2, 0.25) is 0 Å². The highest BCUT2D eigenvalue weighted by Gasteiger charge is 2.29. The monoisotopic (exact) mass is 465 g/mol. The molecule has 0 aliphatic rings. The van der Waals surface area contributed by atoms with Gasteiger partial charge in [0.05, 0.1) is 23.2 Å². The number of rotatable bonds is 9. The summed E-state index contributed by atoms with van der Waals surface area (Å²) in [7, 11) is -3.73. The van der Waals surface area contributed by atoms with Crippen LogP contribution in [-0.4, -0.2) is 39.1 Å². The van der Waals surface area contributed by atoms with Gasteiger partial charge in [-0.1, -0.05) is 60.7 Å². The van der Waals surface area contributed by atoms with Gasteiger partial charge in [-0.05, 0) is 43.2 Å². The maximum Gasteiger partial charge on any atom is 0.253 e. The minimum absolute atomic E-state index is 0.303. The van der Waals surface area contributed by atoms with Gasteiger partial charge in [-0.2, -0.15) is 0 Å². The Bertz CT molecular complexity index is 1200. The molecular formula is C25H27N3O4S. The molecular weight excluding hydrogens is 438 g/mol. The molecule has 33 heavy (non-hydrogen) atoms. The third kappa shape index (κ3) is 6.43. The fourth-order valence-corrected chi connectivity index (χ4v) is 4.65. The van der Waals surface area contributed by atoms with E-state index in [-0.39, 0.29) is 5.91 Å². The number of sulfonamides is 1. The lowest BCUT2D eigenvalue weighted by atomic mass is 10.1. The summed E-state index contributed by atoms with van der Waals surface area (Å²) in [5.74, 6) is -0.869. The average Bonchev–Trinajstić information content (AvgIpc) is 2.80. The molecule has 0 aliphatic heterocycles. The third-order valence-corrected chi connectivity index (χ3v) is 6.31. The summed E-state index contributed by atoms with van der Waals surface area (Å²) in [6.07, 6.45) is 1.73. The van der Waals surface area contributed by atoms with Gasteiger partial charge in [0.25, 0.3) is 5.91 Å². The predicted molar refractivity (Wildman–Crippen MR) is 131 cm³/mol. The van der Waals surface area contributed by atoms with E-state index in [0.29, 0.717) is 29.9 Å². The van der Waals surface area contributed by atoms with Crippen LogP contribution in [0.5, 0.6) is 0 Å². The van der Waals surface area contributed by atoms with Crippen LogP contribution >= 0.6 is 0 Å². The molecule has 0 unspecified atom stereocenters. The van der Waals surface area contributed by atoms with Gasteiger partial charge in [0.15, 0.2) is 0 Å². The summed E-state index contributed by atoms with van der Waals surface area (Å²) in [5, 5.41) is 5.58. The van der Waals surface area contributed by atoms with Crippen LogP contribution in [0.4, 0.5) is 11.4 Å². The zero-order valence-corrected chi connectivity index (χ0v) is 19.4. The fourth-order valence-electron chi connectivity index (χ4n) is 3.47. The molecule has 7 nitrogen and oxygen atoms in total. The van der Waals surface area contributed by atoms with Crippen LogP contribution < -0.4 is 14.9 Å². The Morgan fingerprint density at radius 1 is 0.879 bits per heavy atom. The molecule has 0 radical (unpaired) electrons. The van der Waals surface area contributed by atoms with Crippen LogP contribution in [0.1, 0.15) is 22.8 Å². The number of carbonyl (C=O) groups excluding carboxylic acids is 2. The first-order valence-electron chi connectivity index (χ1n) is 10.5. The second kappa shape index (κ2) is 10.8. The maximum atomic E-state index is 13.0. The van der Waals surface area contributed by atoms with Gasteiger partial charge in [-0.15, -0.1) is 0 Å². The van der Waals surface area contributed by atoms with Gasteiger partial charge in [0, 0.05) is 6.54 Å². The molecule has 0 bridgehead atoms. The zero-order valence-electron chi connectivity index (χ0n) is 18.6. The van der Waals surface area contributed by atoms with E-state index < -0.39 is 22.0 Å². The minimum Gasteiger partial charge on any atom is -0.352 e. The highest BCUT2D eigenvalue weighted by atomic mass is 32.2. The van der Waals surface area contributed by atoms with E-state index in [1.807, 2.05) is 30.3 Å². The molecule has 0 aliphatic carbocycles. The van der Waals surface area contributed by atoms with Gasteiger partial charge in [-0.25, -0.2) is 8.42 Å². The second-order valence-electron chi connectivity index (χ2n) is 7.60. The van der Waals surface area contributed by atoms with Crippen LogP contribution in [0.15, 0.2) is 84.9 Å². The lowest BCUT2D eigenvalue weighted by Crippen LogP contribution is -2.45. The normalized spacial score (nSPS) is 11.9. The number of carbonyl (C=O) groups is 2. The van der Waals surface area contributed by atoms with Crippen molar-refractivity contribution in [2.24, 2.45) is 0 Å². The average molecular weight is 466 g/mol. The molecule has 172 valence electrons. The first kappa shape index (κ1) is 24.0. The number of amides is 2. The second-order valence-corrected chi connectivity index (χ2v) is 9.46. The molecule has 0 aromatic heterocycles. The first-order chi connectivity index (χ1) is 15.8. The fraction of sp³-hybridized carbons (Fsp3) is 0.200. The van der Waals surface area contributed by atoms with Crippen LogP contribution in [-0.2, 0) is 21.2 Å². The van der Waals surface area contributed by atoms with E-state index in [4.69, 9.17) is 0 Å². The Morgan fingerprint density at radius 2 is 1.45 bits per heavy atom. The quantitative estimate of drug-likeness (QED) is 0.506. The SMILES string of the molecule is C[C@@H](C(=O)Nc1ccccc1C(=O)NCCc1ccccc1)N(c1ccccc1)S(C)(=O)=O. The van der Waals surface area contributed by atoms with Crippen molar-refractivity contribution in [3.63, 3.8) is 0 Å². The van der Waals surface area contributed by atoms with E-state index >= 15 is 0 Å². The molecule has 0 spiro atoms. The smallest absolute Gasteiger partial charge is 0.253 e. The van der Waals surface area contributed by atoms with Crippen molar-refractivity contribution in [1.29, 1.82) is 0 Å². The number of anilines is 2. The van der Waals surface area contributed by atoms with E-state index in [1.54, 1.807) is 54.6 Å². The van der Waals surface area contributed by atoms with E-state index in [2.05, 4.69) is 10.6 Å². The van der Waals surface area contributed by atoms with E-state index in [0.717, 1.165) is 16.1 Å². The van der Waals surface area contributed by atoms with Crippen molar-refractivity contribution in [3.8, 4) is 0 Å². The van der Waals surface area contributed by atoms with Crippen molar-refractivity contribution in [2.75, 3.05) is 22.4 Å². The standard InChI is InChI=1S/C25H27N3O4S/c1-19(28(33(2,31)32)21-13-7-4-8-14-21)24(29)27-23-16-10-9-15-22(23)25(30)26-18-17-20-11-5-3-6-12-20/h3-16,19H,17-18H2,1-2H3,(H,26,30)(H,27,29)/t19-/m0/s1. The molecule has 3 aromatic carbocycles. The molecule has 2 amide bonds. The Morgan fingerprint density at radius 3 is 2.09 bits per heavy atom. The predicted octanol–water partition coefficient (Wildman–Crippen LogP) is 3.45. The van der Waals surface area contributed by atoms with Crippen molar-refractivity contribution < 1.29 is 18.0 Å². The van der Waals surface area contributed by atoms with Crippen molar-refractivity contribution in [3.05, 3.63) is 96.1 Å². The molecule has 0 heterocycles. The van der Waals surface area contributed by atoms with Gasteiger partial charge in [0.2, 0.25) is 15.9 Å². The first-order valence-corrected chi connectivity index (χ1v) is 12.4. The van der Waals surface area contributed by atoms with Gasteiger partial charge >= 0.3 is 0 Å². The van der Waals surface area contributed by atoms with Crippen molar-refractivity contribution >= 4 is 33.2 Å². The largest absolute Gasteiger partial charge is 0.352 e. The molecule has 8 heteroatoms. The summed E-state index contributed by atoms with van der Waals surface area (Å²) < 4.78 is 25.9. The summed E-state index contributed by atoms with van der Waals surface area (Å²) >= 11 is 0. The molecule has 2 N–H and O–H groups in total. The van der Waals surface area contributed by atoms with Crippen LogP contribution in [0, 0.1) is 0 Å². The summed E-state index contributed by atoms with van der Waals surface area (Å²) in [4.78, 5) is 25.8. The summed E-state index contributed by atoms with van der Waals surface area (Å²) in [6, 6.07) is 23.8. The number of benzene rings is 3. The maximum absolute atomic E-state index is 13.0. The summed E-state index contributed by atoms with van der Waals surface area (Å²) in [5.41, 5.74) is 2.11. The van der Waals surface area contributed by atoms with Crippen molar-refractivity contribution in [1.82, 2.24) is 5.32 Å². The van der Waals surface area contributed by atoms with Gasteiger partial charge < -0.3 is 10.6 Å². The third-order valence-electron chi connectivity index (χ3n) is 5.07. The zero-order chi connectivity index (χ0) is 23.8. The Hall–Kier alpha value is -3.65. The molecule has 3 rings (SSSR count). The lowest BCUT2D eigenvalue weighted by Gasteiger charge is -2.28. The number of hydrogen-bond donors (Lipinski definition) is 2. The van der Waals surface area contributed by atoms with E-state index in [9.17, 15) is 18.0 Å². The lowest BCUT2D eigenvalue weighted by molar-refractivity contribution is -0.116. The van der Waals surface area contributed by atoms with E-state index in [1.165, 1.54) is 6.92 Å². The van der Waals surface area contributed by atoms with Gasteiger partial charge in [-0.3, -0.25) is 13.9 Å². The Labute approximate surface area is 194 Å². The minimum atomic E-state index is -3.73. The topological polar surface area (TPSA) is 95.6 Å². The molecule has 3 aromatic rings.